The lowest BCUT2D eigenvalue weighted by Gasteiger charge is -2.35. The third-order valence-corrected chi connectivity index (χ3v) is 6.67. The summed E-state index contributed by atoms with van der Waals surface area (Å²) in [4.78, 5) is 12.2. The molecule has 3 rings (SSSR count). The number of nitrogens with one attached hydrogen (secondary N) is 1. The van der Waals surface area contributed by atoms with Crippen molar-refractivity contribution in [1.29, 1.82) is 0 Å². The topological polar surface area (TPSA) is 86.7 Å². The Balaban J connectivity index is 1.81. The average molecular weight is 428 g/mol. The minimum Gasteiger partial charge on any atom is -0.390 e. The van der Waals surface area contributed by atoms with Crippen molar-refractivity contribution in [3.8, 4) is 0 Å². The minimum absolute atomic E-state index is 0.0553. The number of carbonyl (C=O) groups is 1. The molecule has 2 aromatic rings. The quantitative estimate of drug-likeness (QED) is 0.734. The van der Waals surface area contributed by atoms with Crippen molar-refractivity contribution >= 4 is 21.6 Å². The summed E-state index contributed by atoms with van der Waals surface area (Å²) in [6, 6.07) is 6.43. The van der Waals surface area contributed by atoms with Gasteiger partial charge in [-0.1, -0.05) is 6.07 Å². The number of nitrogens with zero attached hydrogens (tertiary/aromatic N) is 1. The highest BCUT2D eigenvalue weighted by Crippen LogP contribution is 2.27. The van der Waals surface area contributed by atoms with Gasteiger partial charge >= 0.3 is 0 Å². The molecular formula is C19H19F3N2O4S. The fourth-order valence-electron chi connectivity index (χ4n) is 2.99. The molecule has 1 fully saturated rings. The molecule has 6 nitrogen and oxygen atoms in total. The summed E-state index contributed by atoms with van der Waals surface area (Å²) in [5, 5.41) is 12.2. The zero-order valence-electron chi connectivity index (χ0n) is 15.5. The molecule has 0 radical (unpaired) electrons. The normalized spacial score (nSPS) is 17.1. The van der Waals surface area contributed by atoms with Crippen LogP contribution in [0.2, 0.25) is 0 Å². The van der Waals surface area contributed by atoms with Crippen molar-refractivity contribution in [2.75, 3.05) is 18.4 Å². The van der Waals surface area contributed by atoms with Crippen LogP contribution in [0.25, 0.3) is 0 Å². The zero-order valence-corrected chi connectivity index (χ0v) is 16.3. The number of sulfonamides is 1. The maximum atomic E-state index is 13.3. The van der Waals surface area contributed by atoms with Crippen LogP contribution in [0.5, 0.6) is 0 Å². The summed E-state index contributed by atoms with van der Waals surface area (Å²) in [5.74, 6) is -5.39. The Hall–Kier alpha value is -2.43. The Morgan fingerprint density at radius 3 is 2.28 bits per heavy atom. The highest BCUT2D eigenvalue weighted by Gasteiger charge is 2.34. The van der Waals surface area contributed by atoms with Gasteiger partial charge in [-0.2, -0.15) is 4.31 Å². The molecule has 29 heavy (non-hydrogen) atoms. The summed E-state index contributed by atoms with van der Waals surface area (Å²) in [7, 11) is -3.89. The Morgan fingerprint density at radius 2 is 1.69 bits per heavy atom. The molecule has 0 unspecified atom stereocenters. The molecule has 1 saturated heterocycles. The second-order valence-corrected chi connectivity index (χ2v) is 9.07. The maximum absolute atomic E-state index is 13.3. The number of benzene rings is 2. The van der Waals surface area contributed by atoms with E-state index >= 15 is 0 Å². The van der Waals surface area contributed by atoms with Gasteiger partial charge in [0.05, 0.1) is 10.5 Å². The molecule has 156 valence electrons. The molecular weight excluding hydrogens is 409 g/mol. The van der Waals surface area contributed by atoms with Crippen LogP contribution in [-0.4, -0.2) is 42.4 Å². The van der Waals surface area contributed by atoms with Crippen LogP contribution < -0.4 is 5.32 Å². The molecule has 2 N–H and O–H groups in total. The van der Waals surface area contributed by atoms with E-state index in [0.717, 1.165) is 6.07 Å². The number of halogens is 3. The smallest absolute Gasteiger partial charge is 0.255 e. The first-order chi connectivity index (χ1) is 13.5. The fourth-order valence-corrected chi connectivity index (χ4v) is 4.47. The van der Waals surface area contributed by atoms with E-state index in [0.29, 0.717) is 12.1 Å². The summed E-state index contributed by atoms with van der Waals surface area (Å²) < 4.78 is 66.5. The van der Waals surface area contributed by atoms with Gasteiger partial charge in [-0.05, 0) is 38.0 Å². The van der Waals surface area contributed by atoms with Crippen LogP contribution in [0.4, 0.5) is 18.9 Å². The molecule has 2 aromatic carbocycles. The van der Waals surface area contributed by atoms with Gasteiger partial charge in [0.15, 0.2) is 17.5 Å². The lowest BCUT2D eigenvalue weighted by atomic mass is 9.95. The predicted molar refractivity (Wildman–Crippen MR) is 99.3 cm³/mol. The molecule has 0 spiro atoms. The van der Waals surface area contributed by atoms with Gasteiger partial charge in [0.25, 0.3) is 5.91 Å². The van der Waals surface area contributed by atoms with E-state index in [4.69, 9.17) is 0 Å². The van der Waals surface area contributed by atoms with Crippen molar-refractivity contribution in [1.82, 2.24) is 4.31 Å². The standard InChI is InChI=1S/C19H19F3N2O4S/c1-19(26)5-7-24(8-6-19)29(27,28)14-4-2-3-12(9-14)18(25)23-13-10-15(20)17(22)16(21)11-13/h2-4,9-11,26H,5-8H2,1H3,(H,23,25). The van der Waals surface area contributed by atoms with Gasteiger partial charge in [-0.15, -0.1) is 0 Å². The Labute approximate surface area is 166 Å². The highest BCUT2D eigenvalue weighted by molar-refractivity contribution is 7.89. The predicted octanol–water partition coefficient (Wildman–Crippen LogP) is 2.89. The van der Waals surface area contributed by atoms with E-state index < -0.39 is 39.0 Å². The van der Waals surface area contributed by atoms with Crippen LogP contribution in [0.3, 0.4) is 0 Å². The van der Waals surface area contributed by atoms with Crippen molar-refractivity contribution in [2.45, 2.75) is 30.3 Å². The number of aliphatic hydroxyl groups is 1. The molecule has 10 heteroatoms. The SMILES string of the molecule is CC1(O)CCN(S(=O)(=O)c2cccc(C(=O)Nc3cc(F)c(F)c(F)c3)c2)CC1. The van der Waals surface area contributed by atoms with Crippen LogP contribution in [0, 0.1) is 17.5 Å². The highest BCUT2D eigenvalue weighted by atomic mass is 32.2. The average Bonchev–Trinajstić information content (AvgIpc) is 2.66. The molecule has 0 bridgehead atoms. The van der Waals surface area contributed by atoms with E-state index in [-0.39, 0.29) is 42.1 Å². The van der Waals surface area contributed by atoms with Gasteiger partial charge < -0.3 is 10.4 Å². The first-order valence-corrected chi connectivity index (χ1v) is 10.2. The van der Waals surface area contributed by atoms with Gasteiger partial charge in [0.1, 0.15) is 0 Å². The van der Waals surface area contributed by atoms with Gasteiger partial charge in [0, 0.05) is 36.5 Å². The second-order valence-electron chi connectivity index (χ2n) is 7.14. The number of hydrogen-bond acceptors (Lipinski definition) is 4. The van der Waals surface area contributed by atoms with E-state index in [1.807, 2.05) is 0 Å². The van der Waals surface area contributed by atoms with Crippen molar-refractivity contribution < 1.29 is 31.5 Å². The number of rotatable bonds is 4. The van der Waals surface area contributed by atoms with Gasteiger partial charge in [0.2, 0.25) is 10.0 Å². The minimum atomic E-state index is -3.89. The van der Waals surface area contributed by atoms with Crippen LogP contribution in [-0.2, 0) is 10.0 Å². The van der Waals surface area contributed by atoms with E-state index in [1.54, 1.807) is 6.92 Å². The van der Waals surface area contributed by atoms with Crippen LogP contribution in [0.1, 0.15) is 30.1 Å². The van der Waals surface area contributed by atoms with E-state index in [9.17, 15) is 31.5 Å². The first kappa shape index (κ1) is 21.3. The van der Waals surface area contributed by atoms with E-state index in [1.165, 1.54) is 22.5 Å². The maximum Gasteiger partial charge on any atom is 0.255 e. The number of hydrogen-bond donors (Lipinski definition) is 2. The Morgan fingerprint density at radius 1 is 1.10 bits per heavy atom. The summed E-state index contributed by atoms with van der Waals surface area (Å²) in [6.07, 6.45) is 0.572. The number of amides is 1. The molecule has 0 aromatic heterocycles. The number of piperidine rings is 1. The fraction of sp³-hybridized carbons (Fsp3) is 0.316. The molecule has 0 saturated carbocycles. The summed E-state index contributed by atoms with van der Waals surface area (Å²) in [5.41, 5.74) is -1.29. The van der Waals surface area contributed by atoms with Crippen molar-refractivity contribution in [2.24, 2.45) is 0 Å². The molecule has 1 aliphatic heterocycles. The Bertz CT molecular complexity index is 1020. The number of anilines is 1. The molecule has 1 heterocycles. The zero-order chi connectivity index (χ0) is 21.4. The summed E-state index contributed by atoms with van der Waals surface area (Å²) >= 11 is 0. The molecule has 0 aliphatic carbocycles. The largest absolute Gasteiger partial charge is 0.390 e. The Kier molecular flexibility index (Phi) is 5.70. The lowest BCUT2D eigenvalue weighted by molar-refractivity contribution is 0.0126. The summed E-state index contributed by atoms with van der Waals surface area (Å²) in [6.45, 7) is 1.92. The van der Waals surface area contributed by atoms with Crippen molar-refractivity contribution in [3.63, 3.8) is 0 Å². The molecule has 0 atom stereocenters. The number of carbonyl (C=O) groups excluding carboxylic acids is 1. The lowest BCUT2D eigenvalue weighted by Crippen LogP contribution is -2.45. The third kappa shape index (κ3) is 4.60. The van der Waals surface area contributed by atoms with Gasteiger partial charge in [-0.25, -0.2) is 21.6 Å². The van der Waals surface area contributed by atoms with Crippen LogP contribution in [0.15, 0.2) is 41.3 Å². The monoisotopic (exact) mass is 428 g/mol. The third-order valence-electron chi connectivity index (χ3n) is 4.78. The van der Waals surface area contributed by atoms with Crippen molar-refractivity contribution in [3.05, 3.63) is 59.4 Å². The molecule has 1 amide bonds. The van der Waals surface area contributed by atoms with E-state index in [2.05, 4.69) is 5.32 Å². The second kappa shape index (κ2) is 7.77. The van der Waals surface area contributed by atoms with Gasteiger partial charge in [-0.3, -0.25) is 4.79 Å². The first-order valence-electron chi connectivity index (χ1n) is 8.78. The molecule has 1 aliphatic rings. The van der Waals surface area contributed by atoms with Crippen LogP contribution >= 0.6 is 0 Å².